The van der Waals surface area contributed by atoms with E-state index in [0.29, 0.717) is 19.8 Å². The molecular formula is C27H33N3O2. The minimum Gasteiger partial charge on any atom is -0.379 e. The molecule has 0 aliphatic carbocycles. The number of fused-ring (bicyclic) bond motifs is 1. The predicted molar refractivity (Wildman–Crippen MR) is 130 cm³/mol. The van der Waals surface area contributed by atoms with E-state index in [1.165, 1.54) is 0 Å². The lowest BCUT2D eigenvalue weighted by atomic mass is 9.87. The number of amides is 1. The van der Waals surface area contributed by atoms with Crippen LogP contribution < -0.4 is 5.32 Å². The molecule has 168 valence electrons. The standard InChI is InChI=1S/C27H33N3O2/c1-19(27(2,3)4)28-26(31)24-21-12-8-9-13-23(21)29-25(20-10-6-5-7-11-20)22(24)18-30-14-16-32-17-15-30/h5-13,19H,14-18H2,1-4H3,(H,28,31). The number of aromatic nitrogens is 1. The topological polar surface area (TPSA) is 54.5 Å². The van der Waals surface area contributed by atoms with Gasteiger partial charge >= 0.3 is 0 Å². The molecule has 0 radical (unpaired) electrons. The van der Waals surface area contributed by atoms with Crippen LogP contribution in [-0.4, -0.2) is 48.1 Å². The Morgan fingerprint density at radius 2 is 1.72 bits per heavy atom. The first-order valence-corrected chi connectivity index (χ1v) is 11.4. The lowest BCUT2D eigenvalue weighted by molar-refractivity contribution is 0.0341. The van der Waals surface area contributed by atoms with Crippen LogP contribution in [0.4, 0.5) is 0 Å². The number of rotatable bonds is 5. The minimum absolute atomic E-state index is 0.0262. The molecule has 1 atom stereocenters. The fourth-order valence-electron chi connectivity index (χ4n) is 3.97. The highest BCUT2D eigenvalue weighted by molar-refractivity contribution is 6.09. The van der Waals surface area contributed by atoms with Gasteiger partial charge in [-0.2, -0.15) is 0 Å². The zero-order valence-corrected chi connectivity index (χ0v) is 19.5. The second kappa shape index (κ2) is 9.39. The van der Waals surface area contributed by atoms with Gasteiger partial charge in [-0.25, -0.2) is 4.98 Å². The van der Waals surface area contributed by atoms with E-state index < -0.39 is 0 Å². The summed E-state index contributed by atoms with van der Waals surface area (Å²) in [6.45, 7) is 12.3. The summed E-state index contributed by atoms with van der Waals surface area (Å²) in [5.41, 5.74) is 4.42. The maximum absolute atomic E-state index is 13.8. The van der Waals surface area contributed by atoms with Gasteiger partial charge < -0.3 is 10.1 Å². The molecule has 4 rings (SSSR count). The molecule has 3 aromatic rings. The summed E-state index contributed by atoms with van der Waals surface area (Å²) in [6, 6.07) is 18.2. The van der Waals surface area contributed by atoms with Crippen LogP contribution >= 0.6 is 0 Å². The highest BCUT2D eigenvalue weighted by Crippen LogP contribution is 2.32. The molecule has 2 aromatic carbocycles. The molecule has 5 nitrogen and oxygen atoms in total. The highest BCUT2D eigenvalue weighted by atomic mass is 16.5. The maximum Gasteiger partial charge on any atom is 0.252 e. The average molecular weight is 432 g/mol. The van der Waals surface area contributed by atoms with Gasteiger partial charge in [0.2, 0.25) is 0 Å². The third-order valence-corrected chi connectivity index (χ3v) is 6.40. The minimum atomic E-state index is -0.0366. The number of morpholine rings is 1. The van der Waals surface area contributed by atoms with Crippen molar-refractivity contribution in [1.29, 1.82) is 0 Å². The van der Waals surface area contributed by atoms with E-state index in [2.05, 4.69) is 50.0 Å². The van der Waals surface area contributed by atoms with Crippen molar-refractivity contribution < 1.29 is 9.53 Å². The lowest BCUT2D eigenvalue weighted by Crippen LogP contribution is -2.42. The molecule has 0 bridgehead atoms. The number of hydrogen-bond acceptors (Lipinski definition) is 4. The van der Waals surface area contributed by atoms with Crippen LogP contribution in [0.2, 0.25) is 0 Å². The molecular weight excluding hydrogens is 398 g/mol. The van der Waals surface area contributed by atoms with Crippen molar-refractivity contribution in [2.75, 3.05) is 26.3 Å². The fraction of sp³-hybridized carbons (Fsp3) is 0.407. The van der Waals surface area contributed by atoms with Crippen LogP contribution in [0.3, 0.4) is 0 Å². The molecule has 1 fully saturated rings. The normalized spacial score (nSPS) is 16.1. The van der Waals surface area contributed by atoms with Crippen LogP contribution in [0, 0.1) is 5.41 Å². The van der Waals surface area contributed by atoms with Gasteiger partial charge in [-0.15, -0.1) is 0 Å². The molecule has 32 heavy (non-hydrogen) atoms. The third-order valence-electron chi connectivity index (χ3n) is 6.40. The molecule has 0 saturated carbocycles. The Hall–Kier alpha value is -2.76. The molecule has 1 saturated heterocycles. The number of benzene rings is 2. The number of carbonyl (C=O) groups is 1. The Morgan fingerprint density at radius 1 is 1.06 bits per heavy atom. The van der Waals surface area contributed by atoms with Gasteiger partial charge in [0, 0.05) is 42.2 Å². The monoisotopic (exact) mass is 431 g/mol. The molecule has 1 aliphatic heterocycles. The van der Waals surface area contributed by atoms with Crippen molar-refractivity contribution in [3.8, 4) is 11.3 Å². The Labute approximate surface area is 190 Å². The van der Waals surface area contributed by atoms with Gasteiger partial charge in [-0.05, 0) is 18.4 Å². The summed E-state index contributed by atoms with van der Waals surface area (Å²) in [5.74, 6) is -0.0357. The number of nitrogens with zero attached hydrogens (tertiary/aromatic N) is 2. The van der Waals surface area contributed by atoms with Crippen LogP contribution in [0.1, 0.15) is 43.6 Å². The SMILES string of the molecule is CC(NC(=O)c1c(CN2CCOCC2)c(-c2ccccc2)nc2ccccc12)C(C)(C)C. The second-order valence-corrected chi connectivity index (χ2v) is 9.65. The van der Waals surface area contributed by atoms with Crippen LogP contribution in [0.15, 0.2) is 54.6 Å². The molecule has 1 aliphatic rings. The van der Waals surface area contributed by atoms with E-state index in [9.17, 15) is 4.79 Å². The van der Waals surface area contributed by atoms with Gasteiger partial charge in [-0.3, -0.25) is 9.69 Å². The molecule has 1 aromatic heterocycles. The van der Waals surface area contributed by atoms with Gasteiger partial charge in [0.15, 0.2) is 0 Å². The highest BCUT2D eigenvalue weighted by Gasteiger charge is 2.27. The van der Waals surface area contributed by atoms with Crippen molar-refractivity contribution in [3.05, 3.63) is 65.7 Å². The quantitative estimate of drug-likeness (QED) is 0.624. The Bertz CT molecular complexity index is 1080. The van der Waals surface area contributed by atoms with Crippen molar-refractivity contribution >= 4 is 16.8 Å². The summed E-state index contributed by atoms with van der Waals surface area (Å²) < 4.78 is 5.55. The van der Waals surface area contributed by atoms with Gasteiger partial charge in [0.1, 0.15) is 0 Å². The summed E-state index contributed by atoms with van der Waals surface area (Å²) in [6.07, 6.45) is 0. The summed E-state index contributed by atoms with van der Waals surface area (Å²) in [7, 11) is 0. The van der Waals surface area contributed by atoms with Crippen molar-refractivity contribution in [1.82, 2.24) is 15.2 Å². The van der Waals surface area contributed by atoms with E-state index >= 15 is 0 Å². The molecule has 1 N–H and O–H groups in total. The number of carbonyl (C=O) groups excluding carboxylic acids is 1. The molecule has 5 heteroatoms. The average Bonchev–Trinajstić information content (AvgIpc) is 2.79. The number of para-hydroxylation sites is 1. The van der Waals surface area contributed by atoms with Crippen molar-refractivity contribution in [2.45, 2.75) is 40.3 Å². The zero-order valence-electron chi connectivity index (χ0n) is 19.5. The first kappa shape index (κ1) is 22.4. The molecule has 1 amide bonds. The van der Waals surface area contributed by atoms with Gasteiger partial charge in [0.25, 0.3) is 5.91 Å². The molecule has 1 unspecified atom stereocenters. The number of hydrogen-bond donors (Lipinski definition) is 1. The van der Waals surface area contributed by atoms with Crippen LogP contribution in [0.25, 0.3) is 22.2 Å². The van der Waals surface area contributed by atoms with Gasteiger partial charge in [-0.1, -0.05) is 69.3 Å². The van der Waals surface area contributed by atoms with Crippen molar-refractivity contribution in [2.24, 2.45) is 5.41 Å². The van der Waals surface area contributed by atoms with Crippen molar-refractivity contribution in [3.63, 3.8) is 0 Å². The Morgan fingerprint density at radius 3 is 2.41 bits per heavy atom. The van der Waals surface area contributed by atoms with E-state index in [1.54, 1.807) is 0 Å². The third kappa shape index (κ3) is 4.84. The number of nitrogens with one attached hydrogen (secondary N) is 1. The van der Waals surface area contributed by atoms with E-state index in [0.717, 1.165) is 46.4 Å². The van der Waals surface area contributed by atoms with Crippen LogP contribution in [-0.2, 0) is 11.3 Å². The smallest absolute Gasteiger partial charge is 0.252 e. The molecule has 2 heterocycles. The second-order valence-electron chi connectivity index (χ2n) is 9.65. The first-order chi connectivity index (χ1) is 15.3. The predicted octanol–water partition coefficient (Wildman–Crippen LogP) is 4.90. The number of ether oxygens (including phenoxy) is 1. The summed E-state index contributed by atoms with van der Waals surface area (Å²) in [5, 5.41) is 4.17. The Balaban J connectivity index is 1.90. The Kier molecular flexibility index (Phi) is 6.58. The largest absolute Gasteiger partial charge is 0.379 e. The van der Waals surface area contributed by atoms with Gasteiger partial charge in [0.05, 0.1) is 30.0 Å². The lowest BCUT2D eigenvalue weighted by Gasteiger charge is -2.30. The van der Waals surface area contributed by atoms with Crippen LogP contribution in [0.5, 0.6) is 0 Å². The maximum atomic E-state index is 13.8. The summed E-state index contributed by atoms with van der Waals surface area (Å²) >= 11 is 0. The van der Waals surface area contributed by atoms with E-state index in [-0.39, 0.29) is 17.4 Å². The number of pyridine rings is 1. The first-order valence-electron chi connectivity index (χ1n) is 11.4. The zero-order chi connectivity index (χ0) is 22.7. The molecule has 0 spiro atoms. The summed E-state index contributed by atoms with van der Waals surface area (Å²) in [4.78, 5) is 21.2. The fourth-order valence-corrected chi connectivity index (χ4v) is 3.97. The van der Waals surface area contributed by atoms with E-state index in [4.69, 9.17) is 9.72 Å². The van der Waals surface area contributed by atoms with E-state index in [1.807, 2.05) is 42.5 Å².